The Kier molecular flexibility index (Phi) is 4.12. The molecule has 2 aliphatic heterocycles. The van der Waals surface area contributed by atoms with Crippen molar-refractivity contribution < 1.29 is 9.31 Å². The van der Waals surface area contributed by atoms with Gasteiger partial charge in [0.05, 0.1) is 11.2 Å². The summed E-state index contributed by atoms with van der Waals surface area (Å²) in [6, 6.07) is 10.8. The predicted octanol–water partition coefficient (Wildman–Crippen LogP) is 3.77. The third-order valence-corrected chi connectivity index (χ3v) is 6.03. The second-order valence-electron chi connectivity index (χ2n) is 8.37. The molecule has 1 saturated heterocycles. The predicted molar refractivity (Wildman–Crippen MR) is 106 cm³/mol. The van der Waals surface area contributed by atoms with Crippen LogP contribution in [-0.4, -0.2) is 29.8 Å². The van der Waals surface area contributed by atoms with Crippen molar-refractivity contribution in [2.45, 2.75) is 58.7 Å². The maximum Gasteiger partial charge on any atom is 0.496 e. The molecule has 26 heavy (non-hydrogen) atoms. The zero-order valence-corrected chi connectivity index (χ0v) is 16.4. The van der Waals surface area contributed by atoms with Crippen LogP contribution in [0.25, 0.3) is 0 Å². The number of aromatic nitrogens is 1. The molecule has 136 valence electrons. The molecule has 0 aliphatic carbocycles. The van der Waals surface area contributed by atoms with Gasteiger partial charge in [0.15, 0.2) is 0 Å². The molecule has 0 amide bonds. The van der Waals surface area contributed by atoms with Gasteiger partial charge >= 0.3 is 7.12 Å². The van der Waals surface area contributed by atoms with Crippen molar-refractivity contribution in [3.8, 4) is 0 Å². The van der Waals surface area contributed by atoms with Crippen LogP contribution in [-0.2, 0) is 15.7 Å². The lowest BCUT2D eigenvalue weighted by molar-refractivity contribution is 0.00578. The molecule has 0 saturated carbocycles. The number of rotatable bonds is 2. The molecule has 0 atom stereocenters. The van der Waals surface area contributed by atoms with E-state index in [1.54, 1.807) is 0 Å². The van der Waals surface area contributed by atoms with Crippen molar-refractivity contribution in [3.63, 3.8) is 0 Å². The maximum atomic E-state index is 6.20. The van der Waals surface area contributed by atoms with Gasteiger partial charge in [0.25, 0.3) is 0 Å². The quantitative estimate of drug-likeness (QED) is 0.773. The molecule has 3 heterocycles. The Morgan fingerprint density at radius 3 is 2.46 bits per heavy atom. The van der Waals surface area contributed by atoms with Crippen LogP contribution in [0.4, 0.5) is 11.5 Å². The minimum atomic E-state index is -0.366. The van der Waals surface area contributed by atoms with Gasteiger partial charge in [0.1, 0.15) is 5.82 Å². The van der Waals surface area contributed by atoms with Gasteiger partial charge in [0, 0.05) is 23.9 Å². The van der Waals surface area contributed by atoms with Crippen LogP contribution >= 0.6 is 0 Å². The summed E-state index contributed by atoms with van der Waals surface area (Å²) in [5.41, 5.74) is 4.15. The molecule has 5 heteroatoms. The summed E-state index contributed by atoms with van der Waals surface area (Å²) in [4.78, 5) is 7.09. The number of aryl methyl sites for hydroxylation is 2. The topological polar surface area (TPSA) is 34.6 Å². The first-order valence-corrected chi connectivity index (χ1v) is 9.46. The summed E-state index contributed by atoms with van der Waals surface area (Å²) in [6.07, 6.45) is 4.21. The molecule has 1 aromatic heterocycles. The Balaban J connectivity index is 1.64. The molecule has 0 radical (unpaired) electrons. The van der Waals surface area contributed by atoms with Crippen LogP contribution in [0, 0.1) is 6.92 Å². The Hall–Kier alpha value is -1.85. The molecule has 4 rings (SSSR count). The average molecular weight is 350 g/mol. The van der Waals surface area contributed by atoms with E-state index in [1.165, 1.54) is 11.3 Å². The first-order valence-electron chi connectivity index (χ1n) is 9.46. The molecule has 2 aromatic rings. The van der Waals surface area contributed by atoms with Crippen LogP contribution < -0.4 is 10.4 Å². The van der Waals surface area contributed by atoms with E-state index in [2.05, 4.69) is 69.9 Å². The largest absolute Gasteiger partial charge is 0.496 e. The van der Waals surface area contributed by atoms with Gasteiger partial charge in [-0.1, -0.05) is 18.2 Å². The number of hydrogen-bond donors (Lipinski definition) is 0. The standard InChI is InChI=1S/C21H27BN2O2/c1-15-13-19(24-12-8-10-16-9-6-7-11-18(16)24)23-14-17(15)22-25-20(2,3)21(4,5)26-22/h6-7,9,11,13-14H,8,10,12H2,1-5H3. The van der Waals surface area contributed by atoms with E-state index in [0.717, 1.165) is 36.2 Å². The first kappa shape index (κ1) is 17.6. The molecule has 0 spiro atoms. The van der Waals surface area contributed by atoms with E-state index in [1.807, 2.05) is 6.20 Å². The zero-order valence-electron chi connectivity index (χ0n) is 16.4. The normalized spacial score (nSPS) is 21.0. The smallest absolute Gasteiger partial charge is 0.399 e. The van der Waals surface area contributed by atoms with Gasteiger partial charge in [0.2, 0.25) is 0 Å². The lowest BCUT2D eigenvalue weighted by Crippen LogP contribution is -2.41. The molecule has 0 N–H and O–H groups in total. The van der Waals surface area contributed by atoms with Crippen LogP contribution in [0.5, 0.6) is 0 Å². The Bertz CT molecular complexity index is 819. The van der Waals surface area contributed by atoms with Gasteiger partial charge in [-0.15, -0.1) is 0 Å². The van der Waals surface area contributed by atoms with Gasteiger partial charge < -0.3 is 14.2 Å². The van der Waals surface area contributed by atoms with Crippen LogP contribution in [0.2, 0.25) is 0 Å². The Morgan fingerprint density at radius 1 is 1.08 bits per heavy atom. The fourth-order valence-electron chi connectivity index (χ4n) is 3.69. The summed E-state index contributed by atoms with van der Waals surface area (Å²) in [5, 5.41) is 0. The van der Waals surface area contributed by atoms with Gasteiger partial charge in [-0.3, -0.25) is 0 Å². The van der Waals surface area contributed by atoms with Crippen LogP contribution in [0.1, 0.15) is 45.2 Å². The van der Waals surface area contributed by atoms with E-state index in [-0.39, 0.29) is 18.3 Å². The van der Waals surface area contributed by atoms with Crippen molar-refractivity contribution in [2.24, 2.45) is 0 Å². The van der Waals surface area contributed by atoms with E-state index >= 15 is 0 Å². The van der Waals surface area contributed by atoms with Crippen LogP contribution in [0.15, 0.2) is 36.5 Å². The Labute approximate surface area is 156 Å². The summed E-state index contributed by atoms with van der Waals surface area (Å²) >= 11 is 0. The third-order valence-electron chi connectivity index (χ3n) is 6.03. The maximum absolute atomic E-state index is 6.20. The lowest BCUT2D eigenvalue weighted by atomic mass is 9.77. The third kappa shape index (κ3) is 2.83. The monoisotopic (exact) mass is 350 g/mol. The lowest BCUT2D eigenvalue weighted by Gasteiger charge is -2.32. The van der Waals surface area contributed by atoms with Crippen molar-refractivity contribution in [3.05, 3.63) is 47.7 Å². The summed E-state index contributed by atoms with van der Waals surface area (Å²) < 4.78 is 12.4. The number of nitrogens with zero attached hydrogens (tertiary/aromatic N) is 2. The second-order valence-corrected chi connectivity index (χ2v) is 8.37. The highest BCUT2D eigenvalue weighted by atomic mass is 16.7. The van der Waals surface area contributed by atoms with E-state index < -0.39 is 0 Å². The molecule has 4 nitrogen and oxygen atoms in total. The summed E-state index contributed by atoms with van der Waals surface area (Å²) in [6.45, 7) is 11.4. The van der Waals surface area contributed by atoms with E-state index in [9.17, 15) is 0 Å². The fraction of sp³-hybridized carbons (Fsp3) is 0.476. The molecule has 1 aromatic carbocycles. The van der Waals surface area contributed by atoms with E-state index in [0.29, 0.717) is 0 Å². The number of fused-ring (bicyclic) bond motifs is 1. The van der Waals surface area contributed by atoms with Crippen molar-refractivity contribution >= 4 is 24.1 Å². The number of pyridine rings is 1. The molecular weight excluding hydrogens is 323 g/mol. The SMILES string of the molecule is Cc1cc(N2CCCc3ccccc32)ncc1B1OC(C)(C)C(C)(C)O1. The number of anilines is 2. The number of benzene rings is 1. The molecule has 0 unspecified atom stereocenters. The van der Waals surface area contributed by atoms with Crippen molar-refractivity contribution in [2.75, 3.05) is 11.4 Å². The number of para-hydroxylation sites is 1. The van der Waals surface area contributed by atoms with Crippen molar-refractivity contribution in [1.29, 1.82) is 0 Å². The highest BCUT2D eigenvalue weighted by Gasteiger charge is 2.52. The molecular formula is C21H27BN2O2. The van der Waals surface area contributed by atoms with Crippen molar-refractivity contribution in [1.82, 2.24) is 4.98 Å². The van der Waals surface area contributed by atoms with Gasteiger partial charge in [-0.25, -0.2) is 4.98 Å². The van der Waals surface area contributed by atoms with Gasteiger partial charge in [-0.05, 0) is 70.7 Å². The van der Waals surface area contributed by atoms with Gasteiger partial charge in [-0.2, -0.15) is 0 Å². The highest BCUT2D eigenvalue weighted by Crippen LogP contribution is 2.37. The highest BCUT2D eigenvalue weighted by molar-refractivity contribution is 6.62. The minimum Gasteiger partial charge on any atom is -0.399 e. The summed E-state index contributed by atoms with van der Waals surface area (Å²) in [7, 11) is -0.366. The van der Waals surface area contributed by atoms with Crippen LogP contribution in [0.3, 0.4) is 0 Å². The molecule has 1 fully saturated rings. The zero-order chi connectivity index (χ0) is 18.5. The van der Waals surface area contributed by atoms with E-state index in [4.69, 9.17) is 14.3 Å². The molecule has 0 bridgehead atoms. The second kappa shape index (κ2) is 6.10. The fourth-order valence-corrected chi connectivity index (χ4v) is 3.69. The average Bonchev–Trinajstić information content (AvgIpc) is 2.81. The summed E-state index contributed by atoms with van der Waals surface area (Å²) in [5.74, 6) is 0.995. The first-order chi connectivity index (χ1) is 12.3. The minimum absolute atomic E-state index is 0.339. The Morgan fingerprint density at radius 2 is 1.77 bits per heavy atom. The number of hydrogen-bond acceptors (Lipinski definition) is 4. The molecule has 2 aliphatic rings.